The second kappa shape index (κ2) is 7.08. The van der Waals surface area contributed by atoms with Gasteiger partial charge >= 0.3 is 12.1 Å². The van der Waals surface area contributed by atoms with Crippen molar-refractivity contribution in [2.24, 2.45) is 0 Å². The smallest absolute Gasteiger partial charge is 0.416 e. The van der Waals surface area contributed by atoms with Gasteiger partial charge < -0.3 is 10.1 Å². The maximum absolute atomic E-state index is 12.6. The van der Waals surface area contributed by atoms with Gasteiger partial charge in [0.2, 0.25) is 5.95 Å². The molecule has 23 heavy (non-hydrogen) atoms. The first-order valence-electron chi connectivity index (χ1n) is 6.79. The van der Waals surface area contributed by atoms with Gasteiger partial charge in [0.1, 0.15) is 0 Å². The zero-order valence-electron chi connectivity index (χ0n) is 12.2. The molecule has 1 N–H and O–H groups in total. The maximum atomic E-state index is 12.6. The number of hydrogen-bond donors (Lipinski definition) is 1. The monoisotopic (exact) mass is 325 g/mol. The molecule has 0 spiro atoms. The van der Waals surface area contributed by atoms with E-state index in [0.29, 0.717) is 5.56 Å². The number of ether oxygens (including phenoxy) is 1. The van der Waals surface area contributed by atoms with Crippen LogP contribution in [0.2, 0.25) is 0 Å². The van der Waals surface area contributed by atoms with E-state index in [4.69, 9.17) is 4.74 Å². The van der Waals surface area contributed by atoms with Gasteiger partial charge in [-0.1, -0.05) is 12.1 Å². The van der Waals surface area contributed by atoms with Gasteiger partial charge in [-0.3, -0.25) is 0 Å². The van der Waals surface area contributed by atoms with E-state index in [1.807, 2.05) is 0 Å². The van der Waals surface area contributed by atoms with Crippen LogP contribution in [0, 0.1) is 0 Å². The predicted molar refractivity (Wildman–Crippen MR) is 76.8 cm³/mol. The molecular weight excluding hydrogens is 311 g/mol. The van der Waals surface area contributed by atoms with Gasteiger partial charge in [0.05, 0.1) is 17.7 Å². The number of rotatable bonds is 5. The summed E-state index contributed by atoms with van der Waals surface area (Å²) in [5.41, 5.74) is -0.0651. The highest BCUT2D eigenvalue weighted by Crippen LogP contribution is 2.29. The molecule has 0 aliphatic heterocycles. The van der Waals surface area contributed by atoms with Gasteiger partial charge in [-0.05, 0) is 24.6 Å². The first kappa shape index (κ1) is 16.7. The summed E-state index contributed by atoms with van der Waals surface area (Å²) in [4.78, 5) is 19.3. The number of alkyl halides is 3. The Bertz CT molecular complexity index is 672. The normalized spacial score (nSPS) is 11.1. The van der Waals surface area contributed by atoms with Crippen molar-refractivity contribution < 1.29 is 22.7 Å². The standard InChI is InChI=1S/C15H14F3N3O2/c1-2-23-13(22)11-8-20-14(21-9-11)19-7-10-4-3-5-12(6-10)15(16,17)18/h3-6,8-9H,2,7H2,1H3,(H,19,20,21). The Hall–Kier alpha value is -2.64. The molecule has 122 valence electrons. The van der Waals surface area contributed by atoms with E-state index in [1.54, 1.807) is 13.0 Å². The van der Waals surface area contributed by atoms with E-state index in [1.165, 1.54) is 18.5 Å². The van der Waals surface area contributed by atoms with Crippen LogP contribution in [0.3, 0.4) is 0 Å². The topological polar surface area (TPSA) is 64.1 Å². The number of carbonyl (C=O) groups is 1. The van der Waals surface area contributed by atoms with Crippen LogP contribution in [0.15, 0.2) is 36.7 Å². The molecular formula is C15H14F3N3O2. The maximum Gasteiger partial charge on any atom is 0.416 e. The largest absolute Gasteiger partial charge is 0.462 e. The summed E-state index contributed by atoms with van der Waals surface area (Å²) in [6, 6.07) is 4.97. The summed E-state index contributed by atoms with van der Waals surface area (Å²) in [6.45, 7) is 2.06. The number of carbonyl (C=O) groups excluding carboxylic acids is 1. The fraction of sp³-hybridized carbons (Fsp3) is 0.267. The average Bonchev–Trinajstić information content (AvgIpc) is 2.53. The molecule has 0 unspecified atom stereocenters. The number of anilines is 1. The van der Waals surface area contributed by atoms with Crippen molar-refractivity contribution in [3.8, 4) is 0 Å². The van der Waals surface area contributed by atoms with Crippen LogP contribution in [0.5, 0.6) is 0 Å². The Kier molecular flexibility index (Phi) is 5.15. The fourth-order valence-corrected chi connectivity index (χ4v) is 1.78. The quantitative estimate of drug-likeness (QED) is 0.855. The number of nitrogens with zero attached hydrogens (tertiary/aromatic N) is 2. The molecule has 0 aliphatic carbocycles. The SMILES string of the molecule is CCOC(=O)c1cnc(NCc2cccc(C(F)(F)F)c2)nc1. The van der Waals surface area contributed by atoms with E-state index >= 15 is 0 Å². The van der Waals surface area contributed by atoms with Gasteiger partial charge in [-0.15, -0.1) is 0 Å². The number of halogens is 3. The molecule has 8 heteroatoms. The molecule has 0 aliphatic rings. The van der Waals surface area contributed by atoms with E-state index in [0.717, 1.165) is 12.1 Å². The molecule has 0 bridgehead atoms. The van der Waals surface area contributed by atoms with E-state index < -0.39 is 17.7 Å². The van der Waals surface area contributed by atoms with E-state index in [2.05, 4.69) is 15.3 Å². The van der Waals surface area contributed by atoms with Crippen molar-refractivity contribution in [3.05, 3.63) is 53.3 Å². The molecule has 0 radical (unpaired) electrons. The van der Waals surface area contributed by atoms with E-state index in [-0.39, 0.29) is 24.7 Å². The number of benzene rings is 1. The Morgan fingerprint density at radius 2 is 1.96 bits per heavy atom. The van der Waals surface area contributed by atoms with Crippen LogP contribution < -0.4 is 5.32 Å². The third-order valence-electron chi connectivity index (χ3n) is 2.87. The number of hydrogen-bond acceptors (Lipinski definition) is 5. The average molecular weight is 325 g/mol. The third-order valence-corrected chi connectivity index (χ3v) is 2.87. The Morgan fingerprint density at radius 3 is 2.57 bits per heavy atom. The van der Waals surface area contributed by atoms with Crippen molar-refractivity contribution in [2.45, 2.75) is 19.6 Å². The van der Waals surface area contributed by atoms with Gasteiger partial charge in [-0.2, -0.15) is 13.2 Å². The second-order valence-corrected chi connectivity index (χ2v) is 4.57. The Morgan fingerprint density at radius 1 is 1.26 bits per heavy atom. The van der Waals surface area contributed by atoms with Crippen molar-refractivity contribution in [3.63, 3.8) is 0 Å². The summed E-state index contributed by atoms with van der Waals surface area (Å²) >= 11 is 0. The Balaban J connectivity index is 2.00. The zero-order valence-corrected chi connectivity index (χ0v) is 12.2. The van der Waals surface area contributed by atoms with Gasteiger partial charge in [0, 0.05) is 18.9 Å². The van der Waals surface area contributed by atoms with Crippen molar-refractivity contribution in [1.29, 1.82) is 0 Å². The molecule has 2 aromatic rings. The third kappa shape index (κ3) is 4.67. The second-order valence-electron chi connectivity index (χ2n) is 4.57. The summed E-state index contributed by atoms with van der Waals surface area (Å²) in [5, 5.41) is 2.80. The molecule has 1 aromatic heterocycles. The summed E-state index contributed by atoms with van der Waals surface area (Å²) < 4.78 is 42.7. The molecule has 0 atom stereocenters. The highest BCUT2D eigenvalue weighted by Gasteiger charge is 2.30. The highest BCUT2D eigenvalue weighted by molar-refractivity contribution is 5.88. The van der Waals surface area contributed by atoms with Gasteiger partial charge in [0.15, 0.2) is 0 Å². The zero-order chi connectivity index (χ0) is 16.9. The molecule has 1 heterocycles. The van der Waals surface area contributed by atoms with E-state index in [9.17, 15) is 18.0 Å². The van der Waals surface area contributed by atoms with Crippen LogP contribution in [0.1, 0.15) is 28.4 Å². The van der Waals surface area contributed by atoms with Crippen LogP contribution in [-0.4, -0.2) is 22.5 Å². The van der Waals surface area contributed by atoms with Crippen LogP contribution >= 0.6 is 0 Å². The molecule has 2 rings (SSSR count). The van der Waals surface area contributed by atoms with Crippen LogP contribution in [0.25, 0.3) is 0 Å². The predicted octanol–water partition coefficient (Wildman–Crippen LogP) is 3.28. The molecule has 5 nitrogen and oxygen atoms in total. The lowest BCUT2D eigenvalue weighted by Gasteiger charge is -2.09. The van der Waals surface area contributed by atoms with Gasteiger partial charge in [0.25, 0.3) is 0 Å². The first-order chi connectivity index (χ1) is 10.9. The van der Waals surface area contributed by atoms with Crippen LogP contribution in [-0.2, 0) is 17.5 Å². The molecule has 0 saturated carbocycles. The first-order valence-corrected chi connectivity index (χ1v) is 6.79. The Labute approximate surface area is 130 Å². The van der Waals surface area contributed by atoms with Crippen molar-refractivity contribution in [2.75, 3.05) is 11.9 Å². The molecule has 0 fully saturated rings. The van der Waals surface area contributed by atoms with Crippen LogP contribution in [0.4, 0.5) is 19.1 Å². The molecule has 0 amide bonds. The van der Waals surface area contributed by atoms with Crippen molar-refractivity contribution in [1.82, 2.24) is 9.97 Å². The van der Waals surface area contributed by atoms with Crippen molar-refractivity contribution >= 4 is 11.9 Å². The molecule has 0 saturated heterocycles. The summed E-state index contributed by atoms with van der Waals surface area (Å²) in [7, 11) is 0. The number of esters is 1. The van der Waals surface area contributed by atoms with Gasteiger partial charge in [-0.25, -0.2) is 14.8 Å². The lowest BCUT2D eigenvalue weighted by Crippen LogP contribution is -2.09. The summed E-state index contributed by atoms with van der Waals surface area (Å²) in [5.74, 6) is -0.326. The minimum Gasteiger partial charge on any atom is -0.462 e. The highest BCUT2D eigenvalue weighted by atomic mass is 19.4. The number of aromatic nitrogens is 2. The molecule has 1 aromatic carbocycles. The lowest BCUT2D eigenvalue weighted by molar-refractivity contribution is -0.137. The summed E-state index contributed by atoms with van der Waals surface area (Å²) in [6.07, 6.45) is -1.80. The fourth-order valence-electron chi connectivity index (χ4n) is 1.78. The lowest BCUT2D eigenvalue weighted by atomic mass is 10.1. The number of nitrogens with one attached hydrogen (secondary N) is 1. The minimum atomic E-state index is -4.38. The minimum absolute atomic E-state index is 0.128.